The van der Waals surface area contributed by atoms with Crippen LogP contribution in [0.1, 0.15) is 37.1 Å². The molecule has 1 unspecified atom stereocenters. The number of ether oxygens (including phenoxy) is 2. The van der Waals surface area contributed by atoms with Gasteiger partial charge in [-0.05, 0) is 50.1 Å². The predicted octanol–water partition coefficient (Wildman–Crippen LogP) is 3.78. The van der Waals surface area contributed by atoms with Gasteiger partial charge in [-0.25, -0.2) is 0 Å². The summed E-state index contributed by atoms with van der Waals surface area (Å²) >= 11 is 0. The Kier molecular flexibility index (Phi) is 8.21. The van der Waals surface area contributed by atoms with Gasteiger partial charge in [-0.3, -0.25) is 19.6 Å². The minimum Gasteiger partial charge on any atom is -0.497 e. The highest BCUT2D eigenvalue weighted by molar-refractivity contribution is 6.13. The molecule has 1 aliphatic rings. The van der Waals surface area contributed by atoms with Crippen molar-refractivity contribution in [3.63, 3.8) is 0 Å². The molecule has 2 aromatic rings. The van der Waals surface area contributed by atoms with Crippen LogP contribution < -0.4 is 25.8 Å². The van der Waals surface area contributed by atoms with E-state index in [0.29, 0.717) is 18.5 Å². The Morgan fingerprint density at radius 3 is 2.49 bits per heavy atom. The summed E-state index contributed by atoms with van der Waals surface area (Å²) in [5.74, 6) is -1.24. The second-order valence-electron chi connectivity index (χ2n) is 8.19. The molecule has 1 fully saturated rings. The number of amides is 2. The quantitative estimate of drug-likeness (QED) is 0.325. The largest absolute Gasteiger partial charge is 0.497 e. The number of rotatable bonds is 10. The Bertz CT molecular complexity index is 1220. The molecule has 1 aromatic carbocycles. The van der Waals surface area contributed by atoms with Crippen LogP contribution in [0.15, 0.2) is 66.1 Å². The maximum Gasteiger partial charge on any atom is 0.420 e. The Morgan fingerprint density at radius 2 is 1.95 bits per heavy atom. The molecule has 2 amide bonds. The molecule has 12 heteroatoms. The van der Waals surface area contributed by atoms with Crippen LogP contribution in [0.4, 0.5) is 13.2 Å². The van der Waals surface area contributed by atoms with Crippen molar-refractivity contribution in [1.82, 2.24) is 15.6 Å². The standard InChI is InChI=1S/C25H26F3N5O4/c1-4-30-13-16(12-29)22(34)33-24(9-10-24)23(35)32-15(2)20-7-5-18(14-31-20)37-21-8-6-17(36-3)11-19(21)25(26,27)28/h4-8,11-15H,1,9-10,29H2,2-3H3,(H,32,35)(H,33,34)/b16-12+,30-13?. The second-order valence-corrected chi connectivity index (χ2v) is 8.19. The smallest absolute Gasteiger partial charge is 0.420 e. The van der Waals surface area contributed by atoms with E-state index < -0.39 is 40.9 Å². The van der Waals surface area contributed by atoms with Crippen molar-refractivity contribution in [3.05, 3.63) is 72.3 Å². The Balaban J connectivity index is 1.66. The highest BCUT2D eigenvalue weighted by Crippen LogP contribution is 2.40. The molecule has 0 aliphatic heterocycles. The fourth-order valence-electron chi connectivity index (χ4n) is 3.32. The van der Waals surface area contributed by atoms with Gasteiger partial charge in [0.1, 0.15) is 28.4 Å². The number of carbonyl (C=O) groups excluding carboxylic acids is 2. The number of aliphatic imine (C=N–C) groups is 1. The summed E-state index contributed by atoms with van der Waals surface area (Å²) in [6.07, 6.45) is 1.05. The molecular weight excluding hydrogens is 491 g/mol. The Morgan fingerprint density at radius 1 is 1.24 bits per heavy atom. The van der Waals surface area contributed by atoms with E-state index >= 15 is 0 Å². The van der Waals surface area contributed by atoms with Crippen LogP contribution in [0.2, 0.25) is 0 Å². The summed E-state index contributed by atoms with van der Waals surface area (Å²) in [7, 11) is 1.27. The van der Waals surface area contributed by atoms with Crippen LogP contribution in [0.25, 0.3) is 0 Å². The molecule has 1 aromatic heterocycles. The lowest BCUT2D eigenvalue weighted by molar-refractivity contribution is -0.138. The highest BCUT2D eigenvalue weighted by atomic mass is 19.4. The van der Waals surface area contributed by atoms with Crippen LogP contribution >= 0.6 is 0 Å². The molecule has 0 saturated heterocycles. The number of hydrogen-bond acceptors (Lipinski definition) is 7. The lowest BCUT2D eigenvalue weighted by Crippen LogP contribution is -2.50. The number of nitrogens with two attached hydrogens (primary N) is 1. The minimum absolute atomic E-state index is 0.0440. The summed E-state index contributed by atoms with van der Waals surface area (Å²) in [5.41, 5.74) is 3.91. The zero-order valence-corrected chi connectivity index (χ0v) is 20.1. The van der Waals surface area contributed by atoms with Crippen molar-refractivity contribution in [2.24, 2.45) is 10.7 Å². The summed E-state index contributed by atoms with van der Waals surface area (Å²) in [6, 6.07) is 5.78. The first-order valence-electron chi connectivity index (χ1n) is 11.1. The van der Waals surface area contributed by atoms with E-state index in [0.717, 1.165) is 18.3 Å². The van der Waals surface area contributed by atoms with E-state index in [9.17, 15) is 22.8 Å². The molecule has 4 N–H and O–H groups in total. The van der Waals surface area contributed by atoms with Gasteiger partial charge < -0.3 is 25.8 Å². The average Bonchev–Trinajstić information content (AvgIpc) is 3.65. The number of halogens is 3. The summed E-state index contributed by atoms with van der Waals surface area (Å²) in [4.78, 5) is 33.3. The SMILES string of the molecule is C=CN=C/C(=C\N)C(=O)NC1(C(=O)NC(C)c2ccc(Oc3ccc(OC)cc3C(F)(F)F)cn2)CC1. The zero-order chi connectivity index (χ0) is 27.2. The van der Waals surface area contributed by atoms with Crippen molar-refractivity contribution in [3.8, 4) is 17.2 Å². The highest BCUT2D eigenvalue weighted by Gasteiger charge is 2.51. The lowest BCUT2D eigenvalue weighted by atomic mass is 10.1. The third-order valence-electron chi connectivity index (χ3n) is 5.57. The van der Waals surface area contributed by atoms with Crippen LogP contribution in [0.5, 0.6) is 17.2 Å². The van der Waals surface area contributed by atoms with Crippen molar-refractivity contribution in [2.45, 2.75) is 37.5 Å². The molecule has 196 valence electrons. The fourth-order valence-corrected chi connectivity index (χ4v) is 3.32. The third-order valence-corrected chi connectivity index (χ3v) is 5.57. The Hall–Kier alpha value is -4.35. The topological polar surface area (TPSA) is 128 Å². The lowest BCUT2D eigenvalue weighted by Gasteiger charge is -2.21. The van der Waals surface area contributed by atoms with Crippen molar-refractivity contribution in [1.29, 1.82) is 0 Å². The number of alkyl halides is 3. The molecule has 1 atom stereocenters. The number of pyridine rings is 1. The number of benzene rings is 1. The van der Waals surface area contributed by atoms with Gasteiger partial charge in [-0.2, -0.15) is 13.2 Å². The molecule has 3 rings (SSSR count). The fraction of sp³-hybridized carbons (Fsp3) is 0.280. The number of nitrogens with one attached hydrogen (secondary N) is 2. The van der Waals surface area contributed by atoms with Gasteiger partial charge in [0, 0.05) is 18.6 Å². The first-order valence-corrected chi connectivity index (χ1v) is 11.1. The molecule has 1 aliphatic carbocycles. The normalized spacial score (nSPS) is 15.5. The van der Waals surface area contributed by atoms with E-state index in [4.69, 9.17) is 15.2 Å². The van der Waals surface area contributed by atoms with Gasteiger partial charge in [0.25, 0.3) is 5.91 Å². The summed E-state index contributed by atoms with van der Waals surface area (Å²) in [6.45, 7) is 5.11. The van der Waals surface area contributed by atoms with E-state index in [1.165, 1.54) is 43.9 Å². The van der Waals surface area contributed by atoms with E-state index in [1.54, 1.807) is 6.92 Å². The maximum atomic E-state index is 13.4. The van der Waals surface area contributed by atoms with Crippen molar-refractivity contribution < 1.29 is 32.2 Å². The van der Waals surface area contributed by atoms with Crippen LogP contribution in [0, 0.1) is 0 Å². The zero-order valence-electron chi connectivity index (χ0n) is 20.1. The monoisotopic (exact) mass is 517 g/mol. The predicted molar refractivity (Wildman–Crippen MR) is 130 cm³/mol. The first kappa shape index (κ1) is 27.2. The van der Waals surface area contributed by atoms with Gasteiger partial charge in [0.2, 0.25) is 5.91 Å². The molecule has 0 spiro atoms. The molecule has 1 saturated carbocycles. The van der Waals surface area contributed by atoms with Gasteiger partial charge >= 0.3 is 6.18 Å². The molecule has 1 heterocycles. The van der Waals surface area contributed by atoms with Crippen LogP contribution in [0.3, 0.4) is 0 Å². The van der Waals surface area contributed by atoms with Gasteiger partial charge in [-0.15, -0.1) is 0 Å². The number of methoxy groups -OCH3 is 1. The molecule has 9 nitrogen and oxygen atoms in total. The number of carbonyl (C=O) groups is 2. The molecular formula is C25H26F3N5O4. The first-order chi connectivity index (χ1) is 17.5. The van der Waals surface area contributed by atoms with E-state index in [1.807, 2.05) is 0 Å². The minimum atomic E-state index is -4.65. The summed E-state index contributed by atoms with van der Waals surface area (Å²) < 4.78 is 50.5. The van der Waals surface area contributed by atoms with Gasteiger partial charge in [0.05, 0.1) is 30.6 Å². The molecule has 0 bridgehead atoms. The number of hydrogen-bond donors (Lipinski definition) is 3. The van der Waals surface area contributed by atoms with E-state index in [2.05, 4.69) is 27.2 Å². The van der Waals surface area contributed by atoms with Crippen molar-refractivity contribution >= 4 is 18.0 Å². The van der Waals surface area contributed by atoms with Crippen LogP contribution in [-0.4, -0.2) is 35.7 Å². The average molecular weight is 518 g/mol. The molecule has 0 radical (unpaired) electrons. The second kappa shape index (κ2) is 11.1. The third kappa shape index (κ3) is 6.66. The maximum absolute atomic E-state index is 13.4. The number of aromatic nitrogens is 1. The van der Waals surface area contributed by atoms with Gasteiger partial charge in [-0.1, -0.05) is 6.58 Å². The van der Waals surface area contributed by atoms with Crippen molar-refractivity contribution in [2.75, 3.05) is 7.11 Å². The van der Waals surface area contributed by atoms with Gasteiger partial charge in [0.15, 0.2) is 0 Å². The molecule has 37 heavy (non-hydrogen) atoms. The summed E-state index contributed by atoms with van der Waals surface area (Å²) in [5, 5.41) is 5.47. The van der Waals surface area contributed by atoms with Crippen LogP contribution in [-0.2, 0) is 15.8 Å². The number of nitrogens with zero attached hydrogens (tertiary/aromatic N) is 2. The van der Waals surface area contributed by atoms with E-state index in [-0.39, 0.29) is 17.1 Å². The Labute approximate surface area is 211 Å².